The normalized spacial score (nSPS) is 12.7. The van der Waals surface area contributed by atoms with Crippen LogP contribution in [0.3, 0.4) is 0 Å². The summed E-state index contributed by atoms with van der Waals surface area (Å²) >= 11 is 1.78. The van der Waals surface area contributed by atoms with Crippen LogP contribution in [0.2, 0.25) is 0 Å². The number of benzene rings is 3. The molecule has 3 aromatic carbocycles. The van der Waals surface area contributed by atoms with Crippen molar-refractivity contribution in [2.75, 3.05) is 4.90 Å². The van der Waals surface area contributed by atoms with Crippen LogP contribution in [0.25, 0.3) is 0 Å². The molecule has 0 unspecified atom stereocenters. The van der Waals surface area contributed by atoms with Crippen molar-refractivity contribution >= 4 is 28.8 Å². The van der Waals surface area contributed by atoms with Crippen LogP contribution in [0.1, 0.15) is 5.56 Å². The number of aryl methyl sites for hydroxylation is 1. The molecule has 3 aromatic rings. The van der Waals surface area contributed by atoms with E-state index in [1.54, 1.807) is 11.8 Å². The molecule has 0 N–H and O–H groups in total. The van der Waals surface area contributed by atoms with E-state index in [0.29, 0.717) is 0 Å². The maximum absolute atomic E-state index is 13.3. The average molecular weight is 307 g/mol. The van der Waals surface area contributed by atoms with E-state index in [1.807, 2.05) is 18.2 Å². The van der Waals surface area contributed by atoms with Gasteiger partial charge in [0.25, 0.3) is 0 Å². The summed E-state index contributed by atoms with van der Waals surface area (Å²) in [6.45, 7) is 2.11. The van der Waals surface area contributed by atoms with Gasteiger partial charge in [-0.3, -0.25) is 0 Å². The number of hydrogen-bond donors (Lipinski definition) is 0. The monoisotopic (exact) mass is 307 g/mol. The number of hydrogen-bond acceptors (Lipinski definition) is 2. The third-order valence-electron chi connectivity index (χ3n) is 3.84. The van der Waals surface area contributed by atoms with Crippen LogP contribution in [0.15, 0.2) is 76.5 Å². The fraction of sp³-hybridized carbons (Fsp3) is 0.0526. The van der Waals surface area contributed by atoms with E-state index in [0.717, 1.165) is 11.4 Å². The number of rotatable bonds is 1. The lowest BCUT2D eigenvalue weighted by atomic mass is 10.1. The van der Waals surface area contributed by atoms with Crippen molar-refractivity contribution in [3.05, 3.63) is 78.1 Å². The minimum absolute atomic E-state index is 0.214. The van der Waals surface area contributed by atoms with E-state index in [-0.39, 0.29) is 5.82 Å². The third kappa shape index (κ3) is 2.09. The minimum atomic E-state index is -0.214. The molecule has 0 saturated carbocycles. The number of anilines is 3. The molecule has 1 aliphatic rings. The Hall–Kier alpha value is -2.26. The highest BCUT2D eigenvalue weighted by molar-refractivity contribution is 7.99. The zero-order valence-corrected chi connectivity index (χ0v) is 12.9. The van der Waals surface area contributed by atoms with Crippen molar-refractivity contribution in [1.29, 1.82) is 0 Å². The molecule has 0 bridgehead atoms. The van der Waals surface area contributed by atoms with Crippen molar-refractivity contribution in [2.24, 2.45) is 0 Å². The first-order valence-corrected chi connectivity index (χ1v) is 7.98. The van der Waals surface area contributed by atoms with Crippen molar-refractivity contribution in [2.45, 2.75) is 16.7 Å². The zero-order valence-electron chi connectivity index (χ0n) is 12.1. The van der Waals surface area contributed by atoms with E-state index < -0.39 is 0 Å². The third-order valence-corrected chi connectivity index (χ3v) is 4.95. The van der Waals surface area contributed by atoms with Gasteiger partial charge in [0.2, 0.25) is 0 Å². The van der Waals surface area contributed by atoms with Crippen LogP contribution in [-0.2, 0) is 0 Å². The van der Waals surface area contributed by atoms with E-state index >= 15 is 0 Å². The van der Waals surface area contributed by atoms with E-state index in [9.17, 15) is 4.39 Å². The van der Waals surface area contributed by atoms with Gasteiger partial charge in [-0.2, -0.15) is 0 Å². The molecule has 22 heavy (non-hydrogen) atoms. The molecule has 1 aliphatic heterocycles. The van der Waals surface area contributed by atoms with Crippen LogP contribution in [-0.4, -0.2) is 0 Å². The Bertz CT molecular complexity index is 842. The van der Waals surface area contributed by atoms with Crippen molar-refractivity contribution in [3.63, 3.8) is 0 Å². The molecule has 0 radical (unpaired) electrons. The van der Waals surface area contributed by atoms with Gasteiger partial charge < -0.3 is 4.90 Å². The summed E-state index contributed by atoms with van der Waals surface area (Å²) < 4.78 is 13.3. The minimum Gasteiger partial charge on any atom is -0.308 e. The summed E-state index contributed by atoms with van der Waals surface area (Å²) in [6, 6.07) is 21.4. The first kappa shape index (κ1) is 13.4. The summed E-state index contributed by atoms with van der Waals surface area (Å²) in [5, 5.41) is 0. The van der Waals surface area contributed by atoms with E-state index in [1.165, 1.54) is 33.2 Å². The average Bonchev–Trinajstić information content (AvgIpc) is 2.54. The molecule has 1 heterocycles. The molecule has 0 atom stereocenters. The van der Waals surface area contributed by atoms with Crippen LogP contribution in [0.4, 0.5) is 21.5 Å². The number of halogens is 1. The van der Waals surface area contributed by atoms with Gasteiger partial charge in [0.15, 0.2) is 0 Å². The SMILES string of the molecule is Cc1cccc2c1N(c1ccc(F)cc1)c1ccccc1S2. The fourth-order valence-electron chi connectivity index (χ4n) is 2.83. The highest BCUT2D eigenvalue weighted by Crippen LogP contribution is 2.52. The zero-order chi connectivity index (χ0) is 15.1. The molecule has 0 fully saturated rings. The smallest absolute Gasteiger partial charge is 0.123 e. The molecule has 0 aliphatic carbocycles. The van der Waals surface area contributed by atoms with Crippen LogP contribution < -0.4 is 4.90 Å². The second-order valence-electron chi connectivity index (χ2n) is 5.30. The highest BCUT2D eigenvalue weighted by atomic mass is 32.2. The summed E-state index contributed by atoms with van der Waals surface area (Å²) in [5.41, 5.74) is 4.51. The summed E-state index contributed by atoms with van der Waals surface area (Å²) in [7, 11) is 0. The molecular formula is C19H14FNS. The summed E-state index contributed by atoms with van der Waals surface area (Å²) in [6.07, 6.45) is 0. The van der Waals surface area contributed by atoms with Gasteiger partial charge in [0, 0.05) is 15.5 Å². The lowest BCUT2D eigenvalue weighted by Crippen LogP contribution is -2.16. The standard InChI is InChI=1S/C19H14FNS/c1-13-5-4-8-18-19(13)21(15-11-9-14(20)10-12-15)16-6-2-3-7-17(16)22-18/h2-12H,1H3. The summed E-state index contributed by atoms with van der Waals surface area (Å²) in [4.78, 5) is 4.66. The van der Waals surface area contributed by atoms with Crippen molar-refractivity contribution in [3.8, 4) is 0 Å². The van der Waals surface area contributed by atoms with Crippen LogP contribution >= 0.6 is 11.8 Å². The number of para-hydroxylation sites is 2. The molecule has 4 rings (SSSR count). The molecule has 108 valence electrons. The van der Waals surface area contributed by atoms with Gasteiger partial charge >= 0.3 is 0 Å². The largest absolute Gasteiger partial charge is 0.308 e. The maximum atomic E-state index is 13.3. The van der Waals surface area contributed by atoms with Gasteiger partial charge in [-0.25, -0.2) is 4.39 Å². The second-order valence-corrected chi connectivity index (χ2v) is 6.39. The topological polar surface area (TPSA) is 3.24 Å². The molecule has 0 saturated heterocycles. The van der Waals surface area contributed by atoms with Crippen molar-refractivity contribution < 1.29 is 4.39 Å². The summed E-state index contributed by atoms with van der Waals surface area (Å²) in [5.74, 6) is -0.214. The number of fused-ring (bicyclic) bond motifs is 2. The predicted octanol–water partition coefficient (Wildman–Crippen LogP) is 6.07. The predicted molar refractivity (Wildman–Crippen MR) is 89.9 cm³/mol. The molecular weight excluding hydrogens is 293 g/mol. The first-order valence-electron chi connectivity index (χ1n) is 7.16. The first-order chi connectivity index (χ1) is 10.7. The maximum Gasteiger partial charge on any atom is 0.123 e. The lowest BCUT2D eigenvalue weighted by Gasteiger charge is -2.34. The Labute approximate surface area is 133 Å². The Kier molecular flexibility index (Phi) is 3.16. The Morgan fingerprint density at radius 1 is 0.818 bits per heavy atom. The lowest BCUT2D eigenvalue weighted by molar-refractivity contribution is 0.628. The fourth-order valence-corrected chi connectivity index (χ4v) is 3.97. The van der Waals surface area contributed by atoms with Crippen LogP contribution in [0.5, 0.6) is 0 Å². The van der Waals surface area contributed by atoms with Gasteiger partial charge in [-0.1, -0.05) is 36.0 Å². The van der Waals surface area contributed by atoms with Crippen molar-refractivity contribution in [1.82, 2.24) is 0 Å². The molecule has 0 spiro atoms. The van der Waals surface area contributed by atoms with Crippen LogP contribution in [0, 0.1) is 12.7 Å². The van der Waals surface area contributed by atoms with E-state index in [2.05, 4.69) is 48.2 Å². The van der Waals surface area contributed by atoms with Gasteiger partial charge in [-0.15, -0.1) is 0 Å². The molecule has 0 aromatic heterocycles. The quantitative estimate of drug-likeness (QED) is 0.420. The Morgan fingerprint density at radius 2 is 1.55 bits per heavy atom. The molecule has 1 nitrogen and oxygen atoms in total. The second kappa shape index (κ2) is 5.18. The number of nitrogens with zero attached hydrogens (tertiary/aromatic N) is 1. The van der Waals surface area contributed by atoms with Gasteiger partial charge in [-0.05, 0) is 55.0 Å². The Morgan fingerprint density at radius 3 is 2.36 bits per heavy atom. The van der Waals surface area contributed by atoms with Gasteiger partial charge in [0.1, 0.15) is 5.82 Å². The highest BCUT2D eigenvalue weighted by Gasteiger charge is 2.25. The van der Waals surface area contributed by atoms with E-state index in [4.69, 9.17) is 0 Å². The van der Waals surface area contributed by atoms with Gasteiger partial charge in [0.05, 0.1) is 11.4 Å². The Balaban J connectivity index is 1.98. The molecule has 3 heteroatoms. The molecule has 0 amide bonds.